The van der Waals surface area contributed by atoms with Crippen LogP contribution < -0.4 is 24.4 Å². The van der Waals surface area contributed by atoms with Crippen molar-refractivity contribution in [2.24, 2.45) is 4.99 Å². The number of hydrogen-bond acceptors (Lipinski definition) is 8. The average molecular weight is 507 g/mol. The first-order valence-corrected chi connectivity index (χ1v) is 12.2. The van der Waals surface area contributed by atoms with Gasteiger partial charge in [-0.2, -0.15) is 0 Å². The van der Waals surface area contributed by atoms with Crippen molar-refractivity contribution < 1.29 is 23.8 Å². The number of aromatic nitrogens is 1. The monoisotopic (exact) mass is 506 g/mol. The fourth-order valence-corrected chi connectivity index (χ4v) is 4.96. The highest BCUT2D eigenvalue weighted by atomic mass is 32.1. The predicted molar refractivity (Wildman–Crippen MR) is 136 cm³/mol. The summed E-state index contributed by atoms with van der Waals surface area (Å²) in [6, 6.07) is 13.4. The number of carbonyl (C=O) groups excluding carboxylic acids is 2. The Hall–Kier alpha value is -3.98. The summed E-state index contributed by atoms with van der Waals surface area (Å²) in [4.78, 5) is 43.0. The Morgan fingerprint density at radius 3 is 2.28 bits per heavy atom. The Labute approximate surface area is 211 Å². The zero-order valence-electron chi connectivity index (χ0n) is 20.6. The van der Waals surface area contributed by atoms with E-state index in [-0.39, 0.29) is 11.7 Å². The maximum Gasteiger partial charge on any atom is 0.338 e. The molecule has 4 rings (SSSR count). The SMILES string of the molecule is COc1ccc(C2C(C(=O)OC(C)C)=C(C)N=c3sc(=Cc4ccc(OC(C)=O)cc4)c(=O)n32)cc1. The Bertz CT molecular complexity index is 1510. The number of fused-ring (bicyclic) bond motifs is 1. The average Bonchev–Trinajstić information content (AvgIpc) is 3.13. The van der Waals surface area contributed by atoms with E-state index in [0.29, 0.717) is 32.1 Å². The van der Waals surface area contributed by atoms with Gasteiger partial charge in [0.25, 0.3) is 5.56 Å². The van der Waals surface area contributed by atoms with E-state index in [1.54, 1.807) is 70.4 Å². The molecule has 0 fully saturated rings. The molecule has 1 aromatic heterocycles. The van der Waals surface area contributed by atoms with Crippen LogP contribution in [0, 0.1) is 0 Å². The standard InChI is InChI=1S/C27H26N2O6S/c1-15(2)34-26(32)23-16(3)28-27-29(24(23)19-8-12-20(33-5)13-9-19)25(31)22(36-27)14-18-6-10-21(11-7-18)35-17(4)30/h6-15,24H,1-5H3. The second-order valence-corrected chi connectivity index (χ2v) is 9.48. The van der Waals surface area contributed by atoms with Crippen molar-refractivity contribution in [3.05, 3.63) is 90.6 Å². The normalized spacial score (nSPS) is 15.4. The lowest BCUT2D eigenvalue weighted by molar-refractivity contribution is -0.143. The third-order valence-corrected chi connectivity index (χ3v) is 6.44. The summed E-state index contributed by atoms with van der Waals surface area (Å²) >= 11 is 1.24. The molecule has 1 unspecified atom stereocenters. The lowest BCUT2D eigenvalue weighted by Gasteiger charge is -2.25. The maximum absolute atomic E-state index is 13.6. The lowest BCUT2D eigenvalue weighted by atomic mass is 9.96. The first-order valence-electron chi connectivity index (χ1n) is 11.3. The van der Waals surface area contributed by atoms with Crippen LogP contribution in [0.25, 0.3) is 6.08 Å². The number of carbonyl (C=O) groups is 2. The predicted octanol–water partition coefficient (Wildman–Crippen LogP) is 3.12. The van der Waals surface area contributed by atoms with Gasteiger partial charge in [0.2, 0.25) is 0 Å². The lowest BCUT2D eigenvalue weighted by Crippen LogP contribution is -2.40. The van der Waals surface area contributed by atoms with E-state index in [2.05, 4.69) is 4.99 Å². The largest absolute Gasteiger partial charge is 0.497 e. The van der Waals surface area contributed by atoms with Gasteiger partial charge in [0.15, 0.2) is 4.80 Å². The smallest absolute Gasteiger partial charge is 0.338 e. The van der Waals surface area contributed by atoms with Crippen molar-refractivity contribution in [2.45, 2.75) is 39.8 Å². The van der Waals surface area contributed by atoms with E-state index >= 15 is 0 Å². The van der Waals surface area contributed by atoms with Gasteiger partial charge in [0.1, 0.15) is 11.5 Å². The van der Waals surface area contributed by atoms with Crippen LogP contribution in [0.15, 0.2) is 69.6 Å². The number of hydrogen-bond donors (Lipinski definition) is 0. The fraction of sp³-hybridized carbons (Fsp3) is 0.259. The van der Waals surface area contributed by atoms with E-state index in [9.17, 15) is 14.4 Å². The summed E-state index contributed by atoms with van der Waals surface area (Å²) in [5, 5.41) is 0. The zero-order chi connectivity index (χ0) is 26.0. The van der Waals surface area contributed by atoms with Crippen LogP contribution in [-0.2, 0) is 14.3 Å². The highest BCUT2D eigenvalue weighted by molar-refractivity contribution is 7.07. The molecule has 2 heterocycles. The van der Waals surface area contributed by atoms with E-state index in [4.69, 9.17) is 14.2 Å². The highest BCUT2D eigenvalue weighted by Gasteiger charge is 2.33. The molecule has 0 amide bonds. The molecule has 0 bridgehead atoms. The minimum Gasteiger partial charge on any atom is -0.497 e. The topological polar surface area (TPSA) is 96.2 Å². The molecule has 0 N–H and O–H groups in total. The van der Waals surface area contributed by atoms with Crippen LogP contribution in [-0.4, -0.2) is 29.7 Å². The van der Waals surface area contributed by atoms with Crippen molar-refractivity contribution in [2.75, 3.05) is 7.11 Å². The molecular formula is C27H26N2O6S. The maximum atomic E-state index is 13.6. The van der Waals surface area contributed by atoms with Gasteiger partial charge in [-0.05, 0) is 62.2 Å². The van der Waals surface area contributed by atoms with E-state index in [0.717, 1.165) is 11.1 Å². The molecule has 36 heavy (non-hydrogen) atoms. The van der Waals surface area contributed by atoms with Crippen LogP contribution in [0.5, 0.6) is 11.5 Å². The molecule has 1 aliphatic heterocycles. The van der Waals surface area contributed by atoms with Gasteiger partial charge in [-0.3, -0.25) is 14.2 Å². The van der Waals surface area contributed by atoms with Gasteiger partial charge in [-0.1, -0.05) is 35.6 Å². The first kappa shape index (κ1) is 25.1. The minimum absolute atomic E-state index is 0.272. The van der Waals surface area contributed by atoms with Gasteiger partial charge in [-0.25, -0.2) is 9.79 Å². The molecule has 0 spiro atoms. The third-order valence-electron chi connectivity index (χ3n) is 5.46. The molecule has 2 aromatic carbocycles. The van der Waals surface area contributed by atoms with Crippen molar-refractivity contribution >= 4 is 29.4 Å². The molecule has 0 saturated carbocycles. The molecule has 186 valence electrons. The fourth-order valence-electron chi connectivity index (χ4n) is 3.91. The number of esters is 2. The van der Waals surface area contributed by atoms with Crippen LogP contribution in [0.1, 0.15) is 44.9 Å². The molecule has 8 nitrogen and oxygen atoms in total. The second-order valence-electron chi connectivity index (χ2n) is 8.47. The number of methoxy groups -OCH3 is 1. The van der Waals surface area contributed by atoms with Gasteiger partial charge in [-0.15, -0.1) is 0 Å². The minimum atomic E-state index is -0.702. The zero-order valence-corrected chi connectivity index (χ0v) is 21.4. The summed E-state index contributed by atoms with van der Waals surface area (Å²) in [6.07, 6.45) is 1.42. The number of ether oxygens (including phenoxy) is 3. The number of nitrogens with zero attached hydrogens (tertiary/aromatic N) is 2. The summed E-state index contributed by atoms with van der Waals surface area (Å²) in [5.74, 6) is 0.166. The van der Waals surface area contributed by atoms with Crippen LogP contribution in [0.4, 0.5) is 0 Å². The van der Waals surface area contributed by atoms with E-state index in [1.807, 2.05) is 12.1 Å². The third kappa shape index (κ3) is 5.16. The van der Waals surface area contributed by atoms with Gasteiger partial charge < -0.3 is 14.2 Å². The molecule has 9 heteroatoms. The second kappa shape index (κ2) is 10.3. The number of benzene rings is 2. The van der Waals surface area contributed by atoms with Crippen molar-refractivity contribution in [1.82, 2.24) is 4.57 Å². The van der Waals surface area contributed by atoms with Gasteiger partial charge in [0.05, 0.1) is 35.1 Å². The summed E-state index contributed by atoms with van der Waals surface area (Å²) in [5.41, 5.74) is 2.04. The van der Waals surface area contributed by atoms with Crippen molar-refractivity contribution in [3.63, 3.8) is 0 Å². The summed E-state index contributed by atoms with van der Waals surface area (Å²) in [7, 11) is 1.58. The Morgan fingerprint density at radius 1 is 1.06 bits per heavy atom. The molecular weight excluding hydrogens is 480 g/mol. The Kier molecular flexibility index (Phi) is 7.21. The first-order chi connectivity index (χ1) is 17.2. The van der Waals surface area contributed by atoms with Crippen LogP contribution >= 0.6 is 11.3 Å². The summed E-state index contributed by atoms with van der Waals surface area (Å²) < 4.78 is 17.9. The number of thiazole rings is 1. The Morgan fingerprint density at radius 2 is 1.69 bits per heavy atom. The van der Waals surface area contributed by atoms with Gasteiger partial charge >= 0.3 is 11.9 Å². The number of allylic oxidation sites excluding steroid dienone is 1. The molecule has 3 aromatic rings. The highest BCUT2D eigenvalue weighted by Crippen LogP contribution is 2.31. The number of rotatable bonds is 6. The molecule has 1 aliphatic rings. The van der Waals surface area contributed by atoms with Gasteiger partial charge in [0, 0.05) is 6.92 Å². The molecule has 0 radical (unpaired) electrons. The van der Waals surface area contributed by atoms with Crippen molar-refractivity contribution in [3.8, 4) is 11.5 Å². The van der Waals surface area contributed by atoms with Crippen LogP contribution in [0.2, 0.25) is 0 Å². The molecule has 0 aliphatic carbocycles. The van der Waals surface area contributed by atoms with Crippen molar-refractivity contribution in [1.29, 1.82) is 0 Å². The quantitative estimate of drug-likeness (QED) is 0.377. The van der Waals surface area contributed by atoms with E-state index < -0.39 is 18.0 Å². The molecule has 0 saturated heterocycles. The Balaban J connectivity index is 1.85. The summed E-state index contributed by atoms with van der Waals surface area (Å²) in [6.45, 7) is 6.63. The molecule has 1 atom stereocenters. The van der Waals surface area contributed by atoms with E-state index in [1.165, 1.54) is 22.8 Å². The van der Waals surface area contributed by atoms with Crippen LogP contribution in [0.3, 0.4) is 0 Å².